The average molecular weight is 210 g/mol. The molecule has 82 valence electrons. The van der Waals surface area contributed by atoms with Crippen molar-refractivity contribution in [3.8, 4) is 5.75 Å². The van der Waals surface area contributed by atoms with Gasteiger partial charge in [0.05, 0.1) is 6.20 Å². The first-order valence-corrected chi connectivity index (χ1v) is 5.24. The van der Waals surface area contributed by atoms with E-state index in [0.29, 0.717) is 24.0 Å². The molecule has 0 amide bonds. The molecule has 1 aromatic heterocycles. The van der Waals surface area contributed by atoms with Crippen LogP contribution in [0.2, 0.25) is 0 Å². The molecular formula is C11H15FN2O. The van der Waals surface area contributed by atoms with E-state index in [4.69, 9.17) is 4.74 Å². The molecule has 2 heterocycles. The lowest BCUT2D eigenvalue weighted by molar-refractivity contribution is 0.275. The van der Waals surface area contributed by atoms with Crippen molar-refractivity contribution in [2.75, 3.05) is 13.2 Å². The Balaban J connectivity index is 1.90. The van der Waals surface area contributed by atoms with Gasteiger partial charge in [0.1, 0.15) is 12.4 Å². The molecule has 1 aromatic rings. The highest BCUT2D eigenvalue weighted by Crippen LogP contribution is 2.14. The van der Waals surface area contributed by atoms with Crippen LogP contribution in [0.25, 0.3) is 0 Å². The first-order valence-electron chi connectivity index (χ1n) is 5.24. The number of hydrogen-bond acceptors (Lipinski definition) is 3. The minimum atomic E-state index is -0.429. The van der Waals surface area contributed by atoms with E-state index in [2.05, 4.69) is 10.3 Å². The van der Waals surface area contributed by atoms with Crippen molar-refractivity contribution < 1.29 is 9.13 Å². The molecule has 0 aliphatic carbocycles. The molecule has 1 fully saturated rings. The quantitative estimate of drug-likeness (QED) is 0.770. The number of nitrogens with one attached hydrogen (secondary N) is 1. The molecule has 0 unspecified atom stereocenters. The Kier molecular flexibility index (Phi) is 3.16. The van der Waals surface area contributed by atoms with Gasteiger partial charge in [0.2, 0.25) is 5.95 Å². The molecule has 4 heteroatoms. The zero-order valence-electron chi connectivity index (χ0n) is 8.79. The molecule has 2 rings (SSSR count). The van der Waals surface area contributed by atoms with Gasteiger partial charge in [-0.1, -0.05) is 0 Å². The van der Waals surface area contributed by atoms with E-state index in [1.807, 2.05) is 0 Å². The molecule has 0 aromatic carbocycles. The molecule has 0 bridgehead atoms. The van der Waals surface area contributed by atoms with E-state index in [1.54, 1.807) is 13.0 Å². The fourth-order valence-corrected chi connectivity index (χ4v) is 1.71. The van der Waals surface area contributed by atoms with Crippen molar-refractivity contribution in [1.82, 2.24) is 10.3 Å². The van der Waals surface area contributed by atoms with Crippen molar-refractivity contribution in [2.24, 2.45) is 0 Å². The molecule has 1 aliphatic rings. The van der Waals surface area contributed by atoms with Crippen molar-refractivity contribution in [3.05, 3.63) is 23.8 Å². The fraction of sp³-hybridized carbons (Fsp3) is 0.545. The van der Waals surface area contributed by atoms with E-state index in [-0.39, 0.29) is 0 Å². The predicted molar refractivity (Wildman–Crippen MR) is 55.5 cm³/mol. The summed E-state index contributed by atoms with van der Waals surface area (Å²) in [5, 5.41) is 3.33. The molecule has 1 aliphatic heterocycles. The molecule has 1 atom stereocenters. The van der Waals surface area contributed by atoms with Crippen LogP contribution in [0.3, 0.4) is 0 Å². The maximum atomic E-state index is 12.9. The van der Waals surface area contributed by atoms with Crippen molar-refractivity contribution in [1.29, 1.82) is 0 Å². The number of rotatable bonds is 3. The first kappa shape index (κ1) is 10.4. The summed E-state index contributed by atoms with van der Waals surface area (Å²) in [6.45, 7) is 3.38. The second kappa shape index (κ2) is 4.57. The van der Waals surface area contributed by atoms with Gasteiger partial charge in [0, 0.05) is 11.6 Å². The summed E-state index contributed by atoms with van der Waals surface area (Å²) in [4.78, 5) is 3.61. The van der Waals surface area contributed by atoms with Crippen molar-refractivity contribution in [2.45, 2.75) is 25.8 Å². The lowest BCUT2D eigenvalue weighted by Crippen LogP contribution is -2.28. The molecule has 0 saturated carbocycles. The minimum absolute atomic E-state index is 0.426. The molecule has 15 heavy (non-hydrogen) atoms. The number of halogens is 1. The second-order valence-electron chi connectivity index (χ2n) is 3.88. The van der Waals surface area contributed by atoms with E-state index in [9.17, 15) is 4.39 Å². The standard InChI is InChI=1S/C11H15FN2O/c1-8-5-10(6-14-11(8)12)15-7-9-3-2-4-13-9/h5-6,9,13H,2-4,7H2,1H3/t9-/m1/s1. The number of hydrogen-bond donors (Lipinski definition) is 1. The molecular weight excluding hydrogens is 195 g/mol. The Morgan fingerprint density at radius 2 is 2.53 bits per heavy atom. The van der Waals surface area contributed by atoms with Gasteiger partial charge in [-0.05, 0) is 32.4 Å². The number of pyridine rings is 1. The topological polar surface area (TPSA) is 34.1 Å². The van der Waals surface area contributed by atoms with E-state index in [0.717, 1.165) is 13.0 Å². The third-order valence-electron chi connectivity index (χ3n) is 2.60. The summed E-state index contributed by atoms with van der Waals surface area (Å²) < 4.78 is 18.4. The number of aromatic nitrogens is 1. The maximum Gasteiger partial charge on any atom is 0.215 e. The van der Waals surface area contributed by atoms with Crippen LogP contribution in [-0.2, 0) is 0 Å². The zero-order chi connectivity index (χ0) is 10.7. The molecule has 0 radical (unpaired) electrons. The Morgan fingerprint density at radius 1 is 1.67 bits per heavy atom. The van der Waals surface area contributed by atoms with Crippen LogP contribution in [0.4, 0.5) is 4.39 Å². The van der Waals surface area contributed by atoms with Crippen LogP contribution in [-0.4, -0.2) is 24.2 Å². The highest BCUT2D eigenvalue weighted by atomic mass is 19.1. The monoisotopic (exact) mass is 210 g/mol. The Morgan fingerprint density at radius 3 is 3.20 bits per heavy atom. The van der Waals surface area contributed by atoms with Crippen LogP contribution in [0, 0.1) is 12.9 Å². The summed E-state index contributed by atoms with van der Waals surface area (Å²) >= 11 is 0. The van der Waals surface area contributed by atoms with E-state index in [1.165, 1.54) is 12.6 Å². The van der Waals surface area contributed by atoms with Crippen molar-refractivity contribution in [3.63, 3.8) is 0 Å². The third-order valence-corrected chi connectivity index (χ3v) is 2.60. The summed E-state index contributed by atoms with van der Waals surface area (Å²) in [6.07, 6.45) is 3.78. The largest absolute Gasteiger partial charge is 0.490 e. The van der Waals surface area contributed by atoms with Gasteiger partial charge in [-0.15, -0.1) is 0 Å². The molecule has 1 saturated heterocycles. The average Bonchev–Trinajstić information content (AvgIpc) is 2.73. The van der Waals surface area contributed by atoms with Crippen LogP contribution in [0.5, 0.6) is 5.75 Å². The second-order valence-corrected chi connectivity index (χ2v) is 3.88. The van der Waals surface area contributed by atoms with Gasteiger partial charge < -0.3 is 10.1 Å². The highest BCUT2D eigenvalue weighted by molar-refractivity contribution is 5.23. The SMILES string of the molecule is Cc1cc(OC[C@H]2CCCN2)cnc1F. The smallest absolute Gasteiger partial charge is 0.215 e. The van der Waals surface area contributed by atoms with Crippen LogP contribution >= 0.6 is 0 Å². The minimum Gasteiger partial charge on any atom is -0.490 e. The highest BCUT2D eigenvalue weighted by Gasteiger charge is 2.14. The predicted octanol–water partition coefficient (Wildman–Crippen LogP) is 1.66. The summed E-state index contributed by atoms with van der Waals surface area (Å²) in [7, 11) is 0. The summed E-state index contributed by atoms with van der Waals surface area (Å²) in [5.74, 6) is 0.212. The Hall–Kier alpha value is -1.16. The van der Waals surface area contributed by atoms with Crippen LogP contribution < -0.4 is 10.1 Å². The molecule has 3 nitrogen and oxygen atoms in total. The lowest BCUT2D eigenvalue weighted by Gasteiger charge is -2.12. The van der Waals surface area contributed by atoms with Gasteiger partial charge >= 0.3 is 0 Å². The molecule has 0 spiro atoms. The van der Waals surface area contributed by atoms with E-state index < -0.39 is 5.95 Å². The van der Waals surface area contributed by atoms with Gasteiger partial charge in [-0.3, -0.25) is 0 Å². The zero-order valence-corrected chi connectivity index (χ0v) is 8.79. The number of aryl methyl sites for hydroxylation is 1. The third kappa shape index (κ3) is 2.65. The Labute approximate surface area is 88.7 Å². The van der Waals surface area contributed by atoms with Gasteiger partial charge in [0.15, 0.2) is 0 Å². The van der Waals surface area contributed by atoms with Gasteiger partial charge in [0.25, 0.3) is 0 Å². The fourth-order valence-electron chi connectivity index (χ4n) is 1.71. The van der Waals surface area contributed by atoms with Gasteiger partial charge in [-0.25, -0.2) is 4.98 Å². The van der Waals surface area contributed by atoms with Crippen LogP contribution in [0.15, 0.2) is 12.3 Å². The first-order chi connectivity index (χ1) is 7.25. The van der Waals surface area contributed by atoms with Crippen molar-refractivity contribution >= 4 is 0 Å². The lowest BCUT2D eigenvalue weighted by atomic mass is 10.2. The summed E-state index contributed by atoms with van der Waals surface area (Å²) in [5.41, 5.74) is 0.520. The van der Waals surface area contributed by atoms with Gasteiger partial charge in [-0.2, -0.15) is 4.39 Å². The maximum absolute atomic E-state index is 12.9. The number of nitrogens with zero attached hydrogens (tertiary/aromatic N) is 1. The Bertz CT molecular complexity index is 337. The molecule has 1 N–H and O–H groups in total. The van der Waals surface area contributed by atoms with E-state index >= 15 is 0 Å². The normalized spacial score (nSPS) is 20.5. The van der Waals surface area contributed by atoms with Crippen LogP contribution in [0.1, 0.15) is 18.4 Å². The summed E-state index contributed by atoms with van der Waals surface area (Å²) in [6, 6.07) is 2.10. The number of ether oxygens (including phenoxy) is 1.